The van der Waals surface area contributed by atoms with Gasteiger partial charge in [0.15, 0.2) is 0 Å². The fourth-order valence-electron chi connectivity index (χ4n) is 3.14. The molecule has 4 heteroatoms. The molecule has 0 atom stereocenters. The van der Waals surface area contributed by atoms with Crippen molar-refractivity contribution in [2.24, 2.45) is 0 Å². The Bertz CT molecular complexity index is 924. The molecule has 3 aromatic rings. The molecule has 0 radical (unpaired) electrons. The zero-order valence-corrected chi connectivity index (χ0v) is 13.8. The third-order valence-electron chi connectivity index (χ3n) is 4.36. The van der Waals surface area contributed by atoms with E-state index in [2.05, 4.69) is 29.0 Å². The Morgan fingerprint density at radius 3 is 2.75 bits per heavy atom. The van der Waals surface area contributed by atoms with E-state index < -0.39 is 0 Å². The molecule has 0 N–H and O–H groups in total. The van der Waals surface area contributed by atoms with E-state index in [1.54, 1.807) is 14.2 Å². The summed E-state index contributed by atoms with van der Waals surface area (Å²) in [6.07, 6.45) is 2.78. The van der Waals surface area contributed by atoms with Crippen molar-refractivity contribution in [1.82, 2.24) is 4.57 Å². The van der Waals surface area contributed by atoms with Crippen LogP contribution in [-0.4, -0.2) is 18.8 Å². The molecular formula is C20H19NO3. The van der Waals surface area contributed by atoms with Crippen molar-refractivity contribution in [2.75, 3.05) is 14.2 Å². The number of allylic oxidation sites excluding steroid dienone is 1. The Morgan fingerprint density at radius 2 is 1.92 bits per heavy atom. The van der Waals surface area contributed by atoms with Gasteiger partial charge >= 0.3 is 0 Å². The fourth-order valence-corrected chi connectivity index (χ4v) is 3.14. The lowest BCUT2D eigenvalue weighted by molar-refractivity contribution is 0.182. The largest absolute Gasteiger partial charge is 0.497 e. The van der Waals surface area contributed by atoms with Crippen LogP contribution in [-0.2, 0) is 17.8 Å². The first-order chi connectivity index (χ1) is 11.8. The van der Waals surface area contributed by atoms with Crippen LogP contribution >= 0.6 is 0 Å². The first-order valence-corrected chi connectivity index (χ1v) is 7.92. The smallest absolute Gasteiger partial charge is 0.128 e. The molecule has 0 saturated heterocycles. The maximum Gasteiger partial charge on any atom is 0.128 e. The quantitative estimate of drug-likeness (QED) is 0.721. The van der Waals surface area contributed by atoms with E-state index in [-0.39, 0.29) is 0 Å². The molecule has 0 unspecified atom stereocenters. The number of fused-ring (bicyclic) bond motifs is 3. The lowest BCUT2D eigenvalue weighted by atomic mass is 10.1. The molecule has 0 saturated carbocycles. The van der Waals surface area contributed by atoms with Crippen molar-refractivity contribution in [3.05, 3.63) is 65.5 Å². The molecule has 0 fully saturated rings. The van der Waals surface area contributed by atoms with Gasteiger partial charge in [0.25, 0.3) is 0 Å². The minimum absolute atomic E-state index is 0.567. The highest BCUT2D eigenvalue weighted by Crippen LogP contribution is 2.30. The van der Waals surface area contributed by atoms with Crippen LogP contribution in [0.4, 0.5) is 0 Å². The van der Waals surface area contributed by atoms with Crippen LogP contribution in [0.3, 0.4) is 0 Å². The standard InChI is InChI=1S/C20H19NO3/c1-22-17-7-8-19-15(11-17)9-16-13-24-18(12-21(16)19)10-14-5-3-4-6-20(14)23-2/h3-9,11-12H,10,13H2,1-2H3. The van der Waals surface area contributed by atoms with Crippen molar-refractivity contribution in [3.8, 4) is 11.5 Å². The zero-order valence-electron chi connectivity index (χ0n) is 13.8. The van der Waals surface area contributed by atoms with Crippen LogP contribution in [0.15, 0.2) is 54.3 Å². The van der Waals surface area contributed by atoms with E-state index in [1.807, 2.05) is 30.3 Å². The van der Waals surface area contributed by atoms with Gasteiger partial charge in [0.1, 0.15) is 23.9 Å². The van der Waals surface area contributed by atoms with Crippen molar-refractivity contribution in [3.63, 3.8) is 0 Å². The Kier molecular flexibility index (Phi) is 3.65. The third-order valence-corrected chi connectivity index (χ3v) is 4.36. The van der Waals surface area contributed by atoms with Gasteiger partial charge in [-0.2, -0.15) is 0 Å². The van der Waals surface area contributed by atoms with Crippen LogP contribution < -0.4 is 9.47 Å². The van der Waals surface area contributed by atoms with Gasteiger partial charge in [-0.3, -0.25) is 0 Å². The second-order valence-electron chi connectivity index (χ2n) is 5.80. The first kappa shape index (κ1) is 14.7. The number of rotatable bonds is 4. The number of benzene rings is 2. The Hall–Kier alpha value is -2.88. The van der Waals surface area contributed by atoms with Crippen LogP contribution in [0.1, 0.15) is 11.3 Å². The van der Waals surface area contributed by atoms with E-state index in [4.69, 9.17) is 14.2 Å². The van der Waals surface area contributed by atoms with Crippen LogP contribution in [0.5, 0.6) is 11.5 Å². The summed E-state index contributed by atoms with van der Waals surface area (Å²) in [6, 6.07) is 16.3. The maximum atomic E-state index is 5.95. The average molecular weight is 321 g/mol. The molecule has 0 spiro atoms. The molecule has 24 heavy (non-hydrogen) atoms. The lowest BCUT2D eigenvalue weighted by Gasteiger charge is -2.19. The monoisotopic (exact) mass is 321 g/mol. The number of nitrogens with zero attached hydrogens (tertiary/aromatic N) is 1. The summed E-state index contributed by atoms with van der Waals surface area (Å²) in [5.41, 5.74) is 3.42. The Morgan fingerprint density at radius 1 is 1.04 bits per heavy atom. The van der Waals surface area contributed by atoms with Gasteiger partial charge in [-0.1, -0.05) is 18.2 Å². The summed E-state index contributed by atoms with van der Waals surface area (Å²) < 4.78 is 18.9. The number of methoxy groups -OCH3 is 2. The molecule has 1 aliphatic rings. The second-order valence-corrected chi connectivity index (χ2v) is 5.80. The highest BCUT2D eigenvalue weighted by Gasteiger charge is 2.16. The molecule has 1 aromatic heterocycles. The normalized spacial score (nSPS) is 13.2. The number of hydrogen-bond acceptors (Lipinski definition) is 3. The van der Waals surface area contributed by atoms with E-state index >= 15 is 0 Å². The minimum atomic E-state index is 0.567. The highest BCUT2D eigenvalue weighted by atomic mass is 16.5. The molecule has 122 valence electrons. The first-order valence-electron chi connectivity index (χ1n) is 7.92. The number of ether oxygens (including phenoxy) is 3. The van der Waals surface area contributed by atoms with Crippen molar-refractivity contribution in [2.45, 2.75) is 13.0 Å². The predicted molar refractivity (Wildman–Crippen MR) is 94.3 cm³/mol. The second kappa shape index (κ2) is 5.96. The average Bonchev–Trinajstić information content (AvgIpc) is 2.99. The van der Waals surface area contributed by atoms with Crippen molar-refractivity contribution >= 4 is 17.1 Å². The van der Waals surface area contributed by atoms with Crippen LogP contribution in [0.25, 0.3) is 17.1 Å². The summed E-state index contributed by atoms with van der Waals surface area (Å²) in [5.74, 6) is 2.68. The fraction of sp³-hybridized carbons (Fsp3) is 0.200. The molecular weight excluding hydrogens is 302 g/mol. The molecule has 0 amide bonds. The van der Waals surface area contributed by atoms with Crippen LogP contribution in [0, 0.1) is 0 Å². The van der Waals surface area contributed by atoms with Crippen molar-refractivity contribution < 1.29 is 14.2 Å². The number of aromatic nitrogens is 1. The molecule has 0 bridgehead atoms. The van der Waals surface area contributed by atoms with Crippen molar-refractivity contribution in [1.29, 1.82) is 0 Å². The molecule has 4 rings (SSSR count). The summed E-state index contributed by atoms with van der Waals surface area (Å²) in [4.78, 5) is 0. The summed E-state index contributed by atoms with van der Waals surface area (Å²) in [5, 5.41) is 1.16. The third kappa shape index (κ3) is 2.50. The van der Waals surface area contributed by atoms with Gasteiger partial charge in [0, 0.05) is 23.6 Å². The molecule has 0 aliphatic carbocycles. The maximum absolute atomic E-state index is 5.95. The van der Waals surface area contributed by atoms with E-state index in [1.165, 1.54) is 0 Å². The Balaban J connectivity index is 1.71. The van der Waals surface area contributed by atoms with E-state index in [0.29, 0.717) is 13.0 Å². The minimum Gasteiger partial charge on any atom is -0.497 e. The Labute approximate surface area is 140 Å². The lowest BCUT2D eigenvalue weighted by Crippen LogP contribution is -2.09. The van der Waals surface area contributed by atoms with Crippen LogP contribution in [0.2, 0.25) is 0 Å². The van der Waals surface area contributed by atoms with Gasteiger partial charge in [0.2, 0.25) is 0 Å². The molecule has 2 heterocycles. The molecule has 1 aliphatic heterocycles. The van der Waals surface area contributed by atoms with Gasteiger partial charge in [-0.05, 0) is 30.3 Å². The predicted octanol–water partition coefficient (Wildman–Crippen LogP) is 4.23. The van der Waals surface area contributed by atoms with Gasteiger partial charge in [-0.15, -0.1) is 0 Å². The van der Waals surface area contributed by atoms with Gasteiger partial charge < -0.3 is 18.8 Å². The van der Waals surface area contributed by atoms with E-state index in [9.17, 15) is 0 Å². The summed E-state index contributed by atoms with van der Waals surface area (Å²) in [6.45, 7) is 0.567. The zero-order chi connectivity index (χ0) is 16.5. The number of hydrogen-bond donors (Lipinski definition) is 0. The molecule has 2 aromatic carbocycles. The summed E-state index contributed by atoms with van der Waals surface area (Å²) in [7, 11) is 3.38. The van der Waals surface area contributed by atoms with E-state index in [0.717, 1.165) is 39.4 Å². The molecule has 4 nitrogen and oxygen atoms in total. The van der Waals surface area contributed by atoms with Gasteiger partial charge in [-0.25, -0.2) is 0 Å². The SMILES string of the molecule is COc1ccc2c(c1)cc1n2C=C(Cc2ccccc2OC)OC1. The topological polar surface area (TPSA) is 32.6 Å². The van der Waals surface area contributed by atoms with Gasteiger partial charge in [0.05, 0.1) is 25.4 Å². The highest BCUT2D eigenvalue weighted by molar-refractivity contribution is 5.85. The number of para-hydroxylation sites is 1. The summed E-state index contributed by atoms with van der Waals surface area (Å²) >= 11 is 0.